The minimum absolute atomic E-state index is 0.220. The molecular formula is C11H9NO3. The van der Waals surface area contributed by atoms with Gasteiger partial charge in [-0.2, -0.15) is 0 Å². The fraction of sp³-hybridized carbons (Fsp3) is 0.0909. The molecule has 0 aliphatic rings. The molecule has 1 aromatic heterocycles. The van der Waals surface area contributed by atoms with Gasteiger partial charge in [0.05, 0.1) is 11.3 Å². The maximum absolute atomic E-state index is 11.0. The van der Waals surface area contributed by atoms with E-state index in [0.717, 1.165) is 0 Å². The first kappa shape index (κ1) is 9.45. The Hall–Kier alpha value is -2.10. The summed E-state index contributed by atoms with van der Waals surface area (Å²) < 4.78 is 5.17. The summed E-state index contributed by atoms with van der Waals surface area (Å²) >= 11 is 0. The molecule has 15 heavy (non-hydrogen) atoms. The Balaban J connectivity index is 2.63. The molecule has 0 aliphatic heterocycles. The van der Waals surface area contributed by atoms with Crippen molar-refractivity contribution in [1.82, 2.24) is 4.98 Å². The Morgan fingerprint density at radius 1 is 1.40 bits per heavy atom. The maximum atomic E-state index is 11.0. The van der Waals surface area contributed by atoms with Crippen molar-refractivity contribution in [2.24, 2.45) is 0 Å². The van der Waals surface area contributed by atoms with E-state index in [1.807, 2.05) is 0 Å². The van der Waals surface area contributed by atoms with Crippen LogP contribution < -0.4 is 0 Å². The van der Waals surface area contributed by atoms with Crippen LogP contribution in [-0.2, 0) is 0 Å². The van der Waals surface area contributed by atoms with Crippen molar-refractivity contribution in [3.8, 4) is 11.3 Å². The molecule has 1 aromatic carbocycles. The van der Waals surface area contributed by atoms with Crippen molar-refractivity contribution in [3.63, 3.8) is 0 Å². The highest BCUT2D eigenvalue weighted by molar-refractivity contribution is 5.95. The third-order valence-corrected chi connectivity index (χ3v) is 2.15. The molecule has 1 heterocycles. The van der Waals surface area contributed by atoms with Crippen molar-refractivity contribution in [2.45, 2.75) is 6.92 Å². The zero-order chi connectivity index (χ0) is 10.8. The average Bonchev–Trinajstić information content (AvgIpc) is 2.64. The van der Waals surface area contributed by atoms with Crippen LogP contribution in [0, 0.1) is 6.92 Å². The monoisotopic (exact) mass is 203 g/mol. The molecule has 0 radical (unpaired) electrons. The molecule has 0 amide bonds. The summed E-state index contributed by atoms with van der Waals surface area (Å²) in [6.45, 7) is 1.78. The van der Waals surface area contributed by atoms with E-state index in [-0.39, 0.29) is 5.56 Å². The van der Waals surface area contributed by atoms with E-state index in [4.69, 9.17) is 9.52 Å². The third-order valence-electron chi connectivity index (χ3n) is 2.15. The van der Waals surface area contributed by atoms with Crippen LogP contribution in [0.15, 0.2) is 35.1 Å². The van der Waals surface area contributed by atoms with Crippen molar-refractivity contribution in [3.05, 3.63) is 41.9 Å². The predicted octanol–water partition coefficient (Wildman–Crippen LogP) is 2.35. The largest absolute Gasteiger partial charge is 0.478 e. The van der Waals surface area contributed by atoms with E-state index >= 15 is 0 Å². The summed E-state index contributed by atoms with van der Waals surface area (Å²) in [6, 6.07) is 6.69. The van der Waals surface area contributed by atoms with Gasteiger partial charge in [0, 0.05) is 5.56 Å². The number of benzene rings is 1. The Morgan fingerprint density at radius 2 is 2.13 bits per heavy atom. The molecule has 0 unspecified atom stereocenters. The van der Waals surface area contributed by atoms with Crippen LogP contribution in [0.5, 0.6) is 0 Å². The Labute approximate surface area is 86.2 Å². The van der Waals surface area contributed by atoms with Crippen LogP contribution in [0.3, 0.4) is 0 Å². The summed E-state index contributed by atoms with van der Waals surface area (Å²) in [5.74, 6) is -0.464. The van der Waals surface area contributed by atoms with Gasteiger partial charge in [-0.1, -0.05) is 18.2 Å². The van der Waals surface area contributed by atoms with Crippen LogP contribution in [-0.4, -0.2) is 16.1 Å². The number of oxazole rings is 1. The van der Waals surface area contributed by atoms with E-state index in [0.29, 0.717) is 17.0 Å². The fourth-order valence-electron chi connectivity index (χ4n) is 1.43. The standard InChI is InChI=1S/C11H9NO3/c1-7-10(15-6-12-7)8-4-2-3-5-9(8)11(13)14/h2-6H,1H3,(H,13,14). The van der Waals surface area contributed by atoms with Crippen LogP contribution in [0.4, 0.5) is 0 Å². The van der Waals surface area contributed by atoms with Crippen LogP contribution >= 0.6 is 0 Å². The molecule has 1 N–H and O–H groups in total. The van der Waals surface area contributed by atoms with Gasteiger partial charge in [0.25, 0.3) is 0 Å². The fourth-order valence-corrected chi connectivity index (χ4v) is 1.43. The number of rotatable bonds is 2. The van der Waals surface area contributed by atoms with Gasteiger partial charge >= 0.3 is 5.97 Å². The summed E-state index contributed by atoms with van der Waals surface area (Å²) in [6.07, 6.45) is 1.31. The summed E-state index contributed by atoms with van der Waals surface area (Å²) in [4.78, 5) is 14.9. The number of aryl methyl sites for hydroxylation is 1. The molecule has 2 rings (SSSR count). The average molecular weight is 203 g/mol. The minimum Gasteiger partial charge on any atom is -0.478 e. The smallest absolute Gasteiger partial charge is 0.336 e. The highest BCUT2D eigenvalue weighted by Gasteiger charge is 2.15. The molecule has 0 bridgehead atoms. The number of nitrogens with zero attached hydrogens (tertiary/aromatic N) is 1. The number of carboxylic acid groups (broad SMARTS) is 1. The number of hydrogen-bond acceptors (Lipinski definition) is 3. The van der Waals surface area contributed by atoms with Gasteiger partial charge in [0.1, 0.15) is 0 Å². The molecular weight excluding hydrogens is 194 g/mol. The van der Waals surface area contributed by atoms with Gasteiger partial charge < -0.3 is 9.52 Å². The van der Waals surface area contributed by atoms with E-state index < -0.39 is 5.97 Å². The highest BCUT2D eigenvalue weighted by atomic mass is 16.4. The van der Waals surface area contributed by atoms with Gasteiger partial charge in [0.15, 0.2) is 12.2 Å². The third kappa shape index (κ3) is 1.61. The molecule has 2 aromatic rings. The van der Waals surface area contributed by atoms with Gasteiger partial charge in [-0.05, 0) is 13.0 Å². The lowest BCUT2D eigenvalue weighted by atomic mass is 10.0. The lowest BCUT2D eigenvalue weighted by molar-refractivity contribution is 0.0697. The van der Waals surface area contributed by atoms with Crippen molar-refractivity contribution in [2.75, 3.05) is 0 Å². The summed E-state index contributed by atoms with van der Waals surface area (Å²) in [5, 5.41) is 8.99. The normalized spacial score (nSPS) is 10.2. The summed E-state index contributed by atoms with van der Waals surface area (Å²) in [7, 11) is 0. The molecule has 4 nitrogen and oxygen atoms in total. The second kappa shape index (κ2) is 3.57. The Morgan fingerprint density at radius 3 is 2.73 bits per heavy atom. The van der Waals surface area contributed by atoms with E-state index in [1.165, 1.54) is 6.39 Å². The van der Waals surface area contributed by atoms with Crippen molar-refractivity contribution < 1.29 is 14.3 Å². The lowest BCUT2D eigenvalue weighted by Crippen LogP contribution is -1.99. The second-order valence-electron chi connectivity index (χ2n) is 3.12. The first-order chi connectivity index (χ1) is 7.20. The summed E-state index contributed by atoms with van der Waals surface area (Å²) in [5.41, 5.74) is 1.46. The van der Waals surface area contributed by atoms with Crippen LogP contribution in [0.2, 0.25) is 0 Å². The molecule has 4 heteroatoms. The van der Waals surface area contributed by atoms with Gasteiger partial charge in [-0.15, -0.1) is 0 Å². The first-order valence-electron chi connectivity index (χ1n) is 4.43. The second-order valence-corrected chi connectivity index (χ2v) is 3.12. The predicted molar refractivity (Wildman–Crippen MR) is 53.6 cm³/mol. The molecule has 0 fully saturated rings. The number of carboxylic acids is 1. The molecule has 0 atom stereocenters. The first-order valence-corrected chi connectivity index (χ1v) is 4.43. The van der Waals surface area contributed by atoms with Gasteiger partial charge in [-0.25, -0.2) is 9.78 Å². The van der Waals surface area contributed by atoms with Gasteiger partial charge in [0.2, 0.25) is 0 Å². The maximum Gasteiger partial charge on any atom is 0.336 e. The quantitative estimate of drug-likeness (QED) is 0.813. The molecule has 0 spiro atoms. The number of aromatic carboxylic acids is 1. The minimum atomic E-state index is -0.971. The lowest BCUT2D eigenvalue weighted by Gasteiger charge is -2.02. The highest BCUT2D eigenvalue weighted by Crippen LogP contribution is 2.25. The van der Waals surface area contributed by atoms with E-state index in [2.05, 4.69) is 4.98 Å². The SMILES string of the molecule is Cc1ncoc1-c1ccccc1C(=O)O. The molecule has 0 saturated carbocycles. The topological polar surface area (TPSA) is 63.3 Å². The van der Waals surface area contributed by atoms with Crippen LogP contribution in [0.25, 0.3) is 11.3 Å². The number of hydrogen-bond donors (Lipinski definition) is 1. The molecule has 0 saturated heterocycles. The van der Waals surface area contributed by atoms with Crippen molar-refractivity contribution in [1.29, 1.82) is 0 Å². The van der Waals surface area contributed by atoms with Gasteiger partial charge in [-0.3, -0.25) is 0 Å². The zero-order valence-electron chi connectivity index (χ0n) is 8.10. The zero-order valence-corrected chi connectivity index (χ0v) is 8.10. The number of aromatic nitrogens is 1. The van der Waals surface area contributed by atoms with E-state index in [9.17, 15) is 4.79 Å². The molecule has 76 valence electrons. The van der Waals surface area contributed by atoms with Crippen molar-refractivity contribution >= 4 is 5.97 Å². The Bertz CT molecular complexity index is 502. The van der Waals surface area contributed by atoms with Crippen LogP contribution in [0.1, 0.15) is 16.1 Å². The van der Waals surface area contributed by atoms with E-state index in [1.54, 1.807) is 31.2 Å². The Kier molecular flexibility index (Phi) is 2.25. The number of carbonyl (C=O) groups is 1. The molecule has 0 aliphatic carbocycles.